The molecule has 0 unspecified atom stereocenters. The fourth-order valence-electron chi connectivity index (χ4n) is 1.48. The summed E-state index contributed by atoms with van der Waals surface area (Å²) >= 11 is 3.35. The fraction of sp³-hybridized carbons (Fsp3) is 0.273. The Hall–Kier alpha value is -1.36. The van der Waals surface area contributed by atoms with Gasteiger partial charge < -0.3 is 9.14 Å². The Labute approximate surface area is 101 Å². The zero-order chi connectivity index (χ0) is 11.7. The average molecular weight is 283 g/mol. The normalized spacial score (nSPS) is 10.7. The van der Waals surface area contributed by atoms with Crippen LogP contribution in [0.2, 0.25) is 0 Å². The number of imidazole rings is 1. The highest BCUT2D eigenvalue weighted by atomic mass is 79.9. The van der Waals surface area contributed by atoms with Crippen molar-refractivity contribution in [1.82, 2.24) is 9.38 Å². The van der Waals surface area contributed by atoms with E-state index in [1.807, 2.05) is 17.5 Å². The first kappa shape index (κ1) is 11.1. The van der Waals surface area contributed by atoms with Crippen LogP contribution < -0.4 is 0 Å². The molecule has 84 valence electrons. The minimum atomic E-state index is -0.318. The molecule has 2 aromatic rings. The molecule has 0 N–H and O–H groups in total. The second kappa shape index (κ2) is 4.25. The van der Waals surface area contributed by atoms with Crippen LogP contribution in [0.3, 0.4) is 0 Å². The van der Waals surface area contributed by atoms with Crippen LogP contribution in [0, 0.1) is 6.92 Å². The van der Waals surface area contributed by atoms with Gasteiger partial charge in [-0.1, -0.05) is 0 Å². The minimum Gasteiger partial charge on any atom is -0.462 e. The van der Waals surface area contributed by atoms with E-state index >= 15 is 0 Å². The predicted molar refractivity (Wildman–Crippen MR) is 63.6 cm³/mol. The number of ether oxygens (including phenoxy) is 1. The number of nitrogens with zero attached hydrogens (tertiary/aromatic N) is 2. The first-order chi connectivity index (χ1) is 7.63. The van der Waals surface area contributed by atoms with Gasteiger partial charge in [-0.05, 0) is 41.9 Å². The van der Waals surface area contributed by atoms with Crippen molar-refractivity contribution in [2.24, 2.45) is 0 Å². The zero-order valence-corrected chi connectivity index (χ0v) is 10.6. The third kappa shape index (κ3) is 1.82. The summed E-state index contributed by atoms with van der Waals surface area (Å²) in [6, 6.07) is 3.45. The third-order valence-corrected chi connectivity index (χ3v) is 3.07. The highest BCUT2D eigenvalue weighted by Crippen LogP contribution is 2.18. The zero-order valence-electron chi connectivity index (χ0n) is 9.03. The Bertz CT molecular complexity index is 548. The van der Waals surface area contributed by atoms with Gasteiger partial charge in [0, 0.05) is 6.20 Å². The molecule has 2 aromatic heterocycles. The number of rotatable bonds is 2. The van der Waals surface area contributed by atoms with E-state index in [0.717, 1.165) is 15.9 Å². The number of pyridine rings is 1. The van der Waals surface area contributed by atoms with Crippen molar-refractivity contribution in [2.75, 3.05) is 6.61 Å². The van der Waals surface area contributed by atoms with Gasteiger partial charge in [0.1, 0.15) is 10.3 Å². The molecule has 2 heterocycles. The molecule has 5 heteroatoms. The largest absolute Gasteiger partial charge is 0.462 e. The first-order valence-corrected chi connectivity index (χ1v) is 5.74. The summed E-state index contributed by atoms with van der Waals surface area (Å²) in [7, 11) is 0. The number of carbonyl (C=O) groups excluding carboxylic acids is 1. The molecule has 0 spiro atoms. The number of halogens is 1. The van der Waals surface area contributed by atoms with E-state index in [9.17, 15) is 4.79 Å². The van der Waals surface area contributed by atoms with Crippen LogP contribution >= 0.6 is 15.9 Å². The lowest BCUT2D eigenvalue weighted by atomic mass is 10.2. The summed E-state index contributed by atoms with van der Waals surface area (Å²) in [6.07, 6.45) is 1.81. The molecule has 0 aliphatic carbocycles. The summed E-state index contributed by atoms with van der Waals surface area (Å²) in [5, 5.41) is 0. The fourth-order valence-corrected chi connectivity index (χ4v) is 1.85. The van der Waals surface area contributed by atoms with Crippen LogP contribution in [-0.2, 0) is 4.74 Å². The Morgan fingerprint density at radius 3 is 3.06 bits per heavy atom. The van der Waals surface area contributed by atoms with E-state index < -0.39 is 0 Å². The second-order valence-corrected chi connectivity index (χ2v) is 4.10. The molecule has 0 fully saturated rings. The van der Waals surface area contributed by atoms with Crippen LogP contribution in [0.4, 0.5) is 0 Å². The molecule has 0 aliphatic rings. The molecule has 0 radical (unpaired) electrons. The second-order valence-electron chi connectivity index (χ2n) is 3.35. The number of aromatic nitrogens is 2. The SMILES string of the molecule is CCOC(=O)c1ccn2c(C)c(Br)nc2c1. The van der Waals surface area contributed by atoms with Gasteiger partial charge >= 0.3 is 5.97 Å². The van der Waals surface area contributed by atoms with Gasteiger partial charge in [0.2, 0.25) is 0 Å². The van der Waals surface area contributed by atoms with Crippen LogP contribution in [0.1, 0.15) is 23.0 Å². The van der Waals surface area contributed by atoms with E-state index in [0.29, 0.717) is 12.2 Å². The molecular formula is C11H11BrN2O2. The van der Waals surface area contributed by atoms with Gasteiger partial charge in [0.25, 0.3) is 0 Å². The lowest BCUT2D eigenvalue weighted by molar-refractivity contribution is 0.0526. The van der Waals surface area contributed by atoms with Crippen molar-refractivity contribution >= 4 is 27.5 Å². The Balaban J connectivity index is 2.48. The van der Waals surface area contributed by atoms with E-state index in [1.165, 1.54) is 0 Å². The smallest absolute Gasteiger partial charge is 0.338 e. The molecule has 0 bridgehead atoms. The van der Waals surface area contributed by atoms with Gasteiger partial charge in [-0.15, -0.1) is 0 Å². The maximum absolute atomic E-state index is 11.5. The quantitative estimate of drug-likeness (QED) is 0.796. The van der Waals surface area contributed by atoms with Gasteiger partial charge in [-0.3, -0.25) is 0 Å². The Morgan fingerprint density at radius 1 is 1.62 bits per heavy atom. The summed E-state index contributed by atoms with van der Waals surface area (Å²) in [5.74, 6) is -0.318. The van der Waals surface area contributed by atoms with E-state index in [4.69, 9.17) is 4.74 Å². The van der Waals surface area contributed by atoms with Crippen LogP contribution in [-0.4, -0.2) is 22.0 Å². The molecule has 0 saturated carbocycles. The van der Waals surface area contributed by atoms with Gasteiger partial charge in [0.05, 0.1) is 17.9 Å². The third-order valence-electron chi connectivity index (χ3n) is 2.32. The van der Waals surface area contributed by atoms with Crippen molar-refractivity contribution in [3.05, 3.63) is 34.2 Å². The standard InChI is InChI=1S/C11H11BrN2O2/c1-3-16-11(15)8-4-5-14-7(2)10(12)13-9(14)6-8/h4-6H,3H2,1-2H3. The monoisotopic (exact) mass is 282 g/mol. The van der Waals surface area contributed by atoms with Crippen molar-refractivity contribution in [3.8, 4) is 0 Å². The lowest BCUT2D eigenvalue weighted by Gasteiger charge is -2.02. The first-order valence-electron chi connectivity index (χ1n) is 4.94. The van der Waals surface area contributed by atoms with Gasteiger partial charge in [-0.2, -0.15) is 0 Å². The molecule has 0 saturated heterocycles. The molecule has 4 nitrogen and oxygen atoms in total. The topological polar surface area (TPSA) is 43.6 Å². The number of aryl methyl sites for hydroxylation is 1. The van der Waals surface area contributed by atoms with Crippen molar-refractivity contribution in [3.63, 3.8) is 0 Å². The van der Waals surface area contributed by atoms with E-state index in [-0.39, 0.29) is 5.97 Å². The predicted octanol–water partition coefficient (Wildman–Crippen LogP) is 2.58. The average Bonchev–Trinajstić information content (AvgIpc) is 2.55. The Kier molecular flexibility index (Phi) is 2.96. The number of carbonyl (C=O) groups is 1. The number of hydrogen-bond acceptors (Lipinski definition) is 3. The van der Waals surface area contributed by atoms with Crippen molar-refractivity contribution < 1.29 is 9.53 Å². The maximum atomic E-state index is 11.5. The molecule has 2 rings (SSSR count). The molecule has 0 atom stereocenters. The molecule has 0 amide bonds. The maximum Gasteiger partial charge on any atom is 0.338 e. The highest BCUT2D eigenvalue weighted by Gasteiger charge is 2.10. The molecular weight excluding hydrogens is 272 g/mol. The van der Waals surface area contributed by atoms with E-state index in [2.05, 4.69) is 20.9 Å². The molecule has 0 aromatic carbocycles. The number of esters is 1. The number of fused-ring (bicyclic) bond motifs is 1. The van der Waals surface area contributed by atoms with Crippen LogP contribution in [0.25, 0.3) is 5.65 Å². The summed E-state index contributed by atoms with van der Waals surface area (Å²) in [6.45, 7) is 4.11. The van der Waals surface area contributed by atoms with E-state index in [1.54, 1.807) is 19.1 Å². The van der Waals surface area contributed by atoms with Crippen LogP contribution in [0.15, 0.2) is 22.9 Å². The highest BCUT2D eigenvalue weighted by molar-refractivity contribution is 9.10. The van der Waals surface area contributed by atoms with Crippen LogP contribution in [0.5, 0.6) is 0 Å². The minimum absolute atomic E-state index is 0.318. The van der Waals surface area contributed by atoms with Crippen molar-refractivity contribution in [1.29, 1.82) is 0 Å². The van der Waals surface area contributed by atoms with Gasteiger partial charge in [0.15, 0.2) is 0 Å². The van der Waals surface area contributed by atoms with Crippen molar-refractivity contribution in [2.45, 2.75) is 13.8 Å². The summed E-state index contributed by atoms with van der Waals surface area (Å²) in [5.41, 5.74) is 2.26. The summed E-state index contributed by atoms with van der Waals surface area (Å²) in [4.78, 5) is 15.8. The lowest BCUT2D eigenvalue weighted by Crippen LogP contribution is -2.05. The summed E-state index contributed by atoms with van der Waals surface area (Å²) < 4.78 is 7.62. The Morgan fingerprint density at radius 2 is 2.38 bits per heavy atom. The molecule has 16 heavy (non-hydrogen) atoms. The van der Waals surface area contributed by atoms with Gasteiger partial charge in [-0.25, -0.2) is 9.78 Å². The molecule has 0 aliphatic heterocycles. The number of hydrogen-bond donors (Lipinski definition) is 0.